The molecule has 0 saturated carbocycles. The Morgan fingerprint density at radius 1 is 1.25 bits per heavy atom. The van der Waals surface area contributed by atoms with Gasteiger partial charge < -0.3 is 4.74 Å². The van der Waals surface area contributed by atoms with Gasteiger partial charge in [0.05, 0.1) is 17.4 Å². The Hall–Kier alpha value is -1.54. The Kier molecular flexibility index (Phi) is 5.58. The highest BCUT2D eigenvalue weighted by Gasteiger charge is 2.17. The Morgan fingerprint density at radius 2 is 1.80 bits per heavy atom. The van der Waals surface area contributed by atoms with Crippen LogP contribution in [0.1, 0.15) is 20.3 Å². The molecule has 0 heterocycles. The van der Waals surface area contributed by atoms with E-state index < -0.39 is 32.5 Å². The fourth-order valence-electron chi connectivity index (χ4n) is 1.38. The average molecular weight is 307 g/mol. The lowest BCUT2D eigenvalue weighted by Crippen LogP contribution is -2.27. The topological polar surface area (TPSA) is 72.5 Å². The monoisotopic (exact) mass is 307 g/mol. The van der Waals surface area contributed by atoms with Crippen LogP contribution in [0.15, 0.2) is 23.1 Å². The standard InChI is InChI=1S/C12H15F2NO4S/c1-8(2)19-12(16)3-4-15-20(17,18)11-6-9(13)5-10(14)7-11/h5-8,15H,3-4H2,1-2H3. The van der Waals surface area contributed by atoms with Gasteiger partial charge in [0.2, 0.25) is 10.0 Å². The number of nitrogens with one attached hydrogen (secondary N) is 1. The van der Waals surface area contributed by atoms with Crippen LogP contribution in [0, 0.1) is 11.6 Å². The first-order valence-corrected chi connectivity index (χ1v) is 7.34. The smallest absolute Gasteiger partial charge is 0.307 e. The van der Waals surface area contributed by atoms with E-state index in [1.165, 1.54) is 0 Å². The van der Waals surface area contributed by atoms with Gasteiger partial charge in [-0.05, 0) is 26.0 Å². The second-order valence-corrected chi connectivity index (χ2v) is 6.06. The normalized spacial score (nSPS) is 11.7. The van der Waals surface area contributed by atoms with Crippen LogP contribution in [0.25, 0.3) is 0 Å². The summed E-state index contributed by atoms with van der Waals surface area (Å²) in [4.78, 5) is 10.7. The molecule has 0 fully saturated rings. The van der Waals surface area contributed by atoms with E-state index in [1.807, 2.05) is 0 Å². The fraction of sp³-hybridized carbons (Fsp3) is 0.417. The first kappa shape index (κ1) is 16.5. The van der Waals surface area contributed by atoms with Gasteiger partial charge in [0.1, 0.15) is 11.6 Å². The number of carbonyl (C=O) groups is 1. The lowest BCUT2D eigenvalue weighted by Gasteiger charge is -2.09. The van der Waals surface area contributed by atoms with Crippen molar-refractivity contribution >= 4 is 16.0 Å². The van der Waals surface area contributed by atoms with E-state index in [0.717, 1.165) is 0 Å². The number of halogens is 2. The zero-order chi connectivity index (χ0) is 15.3. The second-order valence-electron chi connectivity index (χ2n) is 4.29. The number of hydrogen-bond donors (Lipinski definition) is 1. The Bertz CT molecular complexity index is 567. The SMILES string of the molecule is CC(C)OC(=O)CCNS(=O)(=O)c1cc(F)cc(F)c1. The van der Waals surface area contributed by atoms with Gasteiger partial charge in [0.15, 0.2) is 0 Å². The number of esters is 1. The quantitative estimate of drug-likeness (QED) is 0.810. The summed E-state index contributed by atoms with van der Waals surface area (Å²) in [5.41, 5.74) is 0. The number of benzene rings is 1. The Balaban J connectivity index is 2.64. The van der Waals surface area contributed by atoms with Crippen molar-refractivity contribution in [2.24, 2.45) is 0 Å². The summed E-state index contributed by atoms with van der Waals surface area (Å²) in [6.45, 7) is 3.11. The molecule has 1 N–H and O–H groups in total. The molecular weight excluding hydrogens is 292 g/mol. The van der Waals surface area contributed by atoms with E-state index in [9.17, 15) is 22.0 Å². The van der Waals surface area contributed by atoms with Crippen molar-refractivity contribution in [2.45, 2.75) is 31.3 Å². The van der Waals surface area contributed by atoms with Crippen molar-refractivity contribution in [3.63, 3.8) is 0 Å². The van der Waals surface area contributed by atoms with E-state index in [1.54, 1.807) is 13.8 Å². The average Bonchev–Trinajstić information content (AvgIpc) is 2.26. The van der Waals surface area contributed by atoms with Crippen molar-refractivity contribution in [1.82, 2.24) is 4.72 Å². The predicted molar refractivity (Wildman–Crippen MR) is 67.4 cm³/mol. The van der Waals surface area contributed by atoms with Crippen molar-refractivity contribution in [3.8, 4) is 0 Å². The van der Waals surface area contributed by atoms with Gasteiger partial charge in [-0.25, -0.2) is 21.9 Å². The number of rotatable bonds is 6. The summed E-state index contributed by atoms with van der Waals surface area (Å²) in [5.74, 6) is -2.55. The predicted octanol–water partition coefficient (Wildman–Crippen LogP) is 1.58. The van der Waals surface area contributed by atoms with E-state index >= 15 is 0 Å². The third kappa shape index (κ3) is 5.22. The van der Waals surface area contributed by atoms with Gasteiger partial charge in [-0.1, -0.05) is 0 Å². The molecule has 112 valence electrons. The summed E-state index contributed by atoms with van der Waals surface area (Å²) in [7, 11) is -4.07. The number of carbonyl (C=O) groups excluding carboxylic acids is 1. The number of hydrogen-bond acceptors (Lipinski definition) is 4. The molecule has 0 spiro atoms. The van der Waals surface area contributed by atoms with Gasteiger partial charge >= 0.3 is 5.97 Å². The molecule has 0 radical (unpaired) electrons. The first-order valence-electron chi connectivity index (χ1n) is 5.86. The minimum Gasteiger partial charge on any atom is -0.463 e. The number of sulfonamides is 1. The van der Waals surface area contributed by atoms with Crippen molar-refractivity contribution in [1.29, 1.82) is 0 Å². The van der Waals surface area contributed by atoms with Crippen molar-refractivity contribution < 1.29 is 26.7 Å². The van der Waals surface area contributed by atoms with E-state index in [-0.39, 0.29) is 19.1 Å². The highest BCUT2D eigenvalue weighted by molar-refractivity contribution is 7.89. The molecule has 0 aromatic heterocycles. The molecule has 1 rings (SSSR count). The Morgan fingerprint density at radius 3 is 2.30 bits per heavy atom. The van der Waals surface area contributed by atoms with Gasteiger partial charge in [-0.15, -0.1) is 0 Å². The molecule has 0 atom stereocenters. The molecule has 5 nitrogen and oxygen atoms in total. The lowest BCUT2D eigenvalue weighted by atomic mass is 10.3. The molecule has 8 heteroatoms. The van der Waals surface area contributed by atoms with Crippen LogP contribution >= 0.6 is 0 Å². The summed E-state index contributed by atoms with van der Waals surface area (Å²) in [6.07, 6.45) is -0.466. The molecule has 1 aromatic carbocycles. The van der Waals surface area contributed by atoms with E-state index in [4.69, 9.17) is 4.74 Å². The molecule has 1 aromatic rings. The van der Waals surface area contributed by atoms with Gasteiger partial charge in [-0.2, -0.15) is 0 Å². The minimum atomic E-state index is -4.07. The number of ether oxygens (including phenoxy) is 1. The summed E-state index contributed by atoms with van der Waals surface area (Å²) in [5, 5.41) is 0. The zero-order valence-corrected chi connectivity index (χ0v) is 11.8. The van der Waals surface area contributed by atoms with Crippen LogP contribution in [-0.4, -0.2) is 27.0 Å². The highest BCUT2D eigenvalue weighted by Crippen LogP contribution is 2.13. The molecule has 0 aliphatic carbocycles. The molecule has 0 saturated heterocycles. The molecule has 0 unspecified atom stereocenters. The van der Waals surface area contributed by atoms with Crippen LogP contribution in [0.5, 0.6) is 0 Å². The Labute approximate surface area is 116 Å². The van der Waals surface area contributed by atoms with Crippen molar-refractivity contribution in [3.05, 3.63) is 29.8 Å². The van der Waals surface area contributed by atoms with Gasteiger partial charge in [0.25, 0.3) is 0 Å². The minimum absolute atomic E-state index is 0.171. The molecular formula is C12H15F2NO4S. The van der Waals surface area contributed by atoms with Gasteiger partial charge in [-0.3, -0.25) is 4.79 Å². The van der Waals surface area contributed by atoms with Crippen LogP contribution in [0.3, 0.4) is 0 Å². The maximum atomic E-state index is 12.9. The molecule has 0 bridgehead atoms. The van der Waals surface area contributed by atoms with Crippen molar-refractivity contribution in [2.75, 3.05) is 6.54 Å². The summed E-state index contributed by atoms with van der Waals surface area (Å²) >= 11 is 0. The molecule has 0 amide bonds. The summed E-state index contributed by atoms with van der Waals surface area (Å²) < 4.78 is 56.3. The maximum Gasteiger partial charge on any atom is 0.307 e. The van der Waals surface area contributed by atoms with Crippen LogP contribution in [0.4, 0.5) is 8.78 Å². The lowest BCUT2D eigenvalue weighted by molar-refractivity contribution is -0.147. The second kappa shape index (κ2) is 6.76. The fourth-order valence-corrected chi connectivity index (χ4v) is 2.45. The highest BCUT2D eigenvalue weighted by atomic mass is 32.2. The molecule has 0 aliphatic rings. The maximum absolute atomic E-state index is 12.9. The third-order valence-electron chi connectivity index (χ3n) is 2.13. The van der Waals surface area contributed by atoms with Crippen LogP contribution in [-0.2, 0) is 19.6 Å². The third-order valence-corrected chi connectivity index (χ3v) is 3.58. The molecule has 0 aliphatic heterocycles. The summed E-state index contributed by atoms with van der Waals surface area (Å²) in [6, 6.07) is 1.95. The zero-order valence-electron chi connectivity index (χ0n) is 11.0. The van der Waals surface area contributed by atoms with E-state index in [0.29, 0.717) is 18.2 Å². The largest absolute Gasteiger partial charge is 0.463 e. The first-order chi connectivity index (χ1) is 9.20. The van der Waals surface area contributed by atoms with E-state index in [2.05, 4.69) is 4.72 Å². The molecule has 20 heavy (non-hydrogen) atoms. The van der Waals surface area contributed by atoms with Gasteiger partial charge in [0, 0.05) is 12.6 Å². The van der Waals surface area contributed by atoms with Crippen LogP contribution < -0.4 is 4.72 Å². The van der Waals surface area contributed by atoms with Crippen LogP contribution in [0.2, 0.25) is 0 Å².